The highest BCUT2D eigenvalue weighted by molar-refractivity contribution is 6.31. The van der Waals surface area contributed by atoms with Crippen LogP contribution in [0.3, 0.4) is 0 Å². The van der Waals surface area contributed by atoms with Crippen LogP contribution in [-0.2, 0) is 0 Å². The SMILES string of the molecule is CCCCC(CCC)NC(C)c1ccccc1Cl. The molecule has 1 aromatic carbocycles. The third-order valence-corrected chi connectivity index (χ3v) is 3.74. The Kier molecular flexibility index (Phi) is 7.38. The molecule has 0 saturated heterocycles. The van der Waals surface area contributed by atoms with E-state index in [1.807, 2.05) is 12.1 Å². The summed E-state index contributed by atoms with van der Waals surface area (Å²) in [4.78, 5) is 0. The molecule has 2 heteroatoms. The fourth-order valence-electron chi connectivity index (χ4n) is 2.38. The van der Waals surface area contributed by atoms with Gasteiger partial charge in [-0.3, -0.25) is 0 Å². The van der Waals surface area contributed by atoms with Gasteiger partial charge in [-0.15, -0.1) is 0 Å². The minimum atomic E-state index is 0.326. The van der Waals surface area contributed by atoms with E-state index in [2.05, 4.69) is 38.2 Å². The van der Waals surface area contributed by atoms with Crippen molar-refractivity contribution in [3.05, 3.63) is 34.9 Å². The van der Waals surface area contributed by atoms with E-state index in [1.165, 1.54) is 37.7 Å². The Morgan fingerprint density at radius 1 is 1.11 bits per heavy atom. The Morgan fingerprint density at radius 3 is 2.44 bits per heavy atom. The first-order valence-electron chi connectivity index (χ1n) is 7.19. The Hall–Kier alpha value is -0.530. The molecule has 2 atom stereocenters. The van der Waals surface area contributed by atoms with E-state index >= 15 is 0 Å². The van der Waals surface area contributed by atoms with Crippen LogP contribution >= 0.6 is 11.6 Å². The first kappa shape index (κ1) is 15.5. The predicted octanol–water partition coefficient (Wildman–Crippen LogP) is 5.35. The van der Waals surface area contributed by atoms with E-state index < -0.39 is 0 Å². The normalized spacial score (nSPS) is 14.4. The number of halogens is 1. The second kappa shape index (κ2) is 8.55. The van der Waals surface area contributed by atoms with Gasteiger partial charge in [0.1, 0.15) is 0 Å². The van der Waals surface area contributed by atoms with Crippen molar-refractivity contribution in [1.82, 2.24) is 5.32 Å². The number of rotatable bonds is 8. The lowest BCUT2D eigenvalue weighted by molar-refractivity contribution is 0.396. The molecule has 1 rings (SSSR count). The molecule has 18 heavy (non-hydrogen) atoms. The molecule has 0 aliphatic carbocycles. The van der Waals surface area contributed by atoms with Crippen molar-refractivity contribution in [3.8, 4) is 0 Å². The van der Waals surface area contributed by atoms with Crippen LogP contribution in [0.4, 0.5) is 0 Å². The standard InChI is InChI=1S/C16H26ClN/c1-4-6-10-14(9-5-2)18-13(3)15-11-7-8-12-16(15)17/h7-8,11-14,18H,4-6,9-10H2,1-3H3. The summed E-state index contributed by atoms with van der Waals surface area (Å²) in [6.45, 7) is 6.71. The van der Waals surface area contributed by atoms with E-state index in [4.69, 9.17) is 11.6 Å². The number of nitrogens with one attached hydrogen (secondary N) is 1. The van der Waals surface area contributed by atoms with Gasteiger partial charge in [0.25, 0.3) is 0 Å². The van der Waals surface area contributed by atoms with Crippen molar-refractivity contribution in [1.29, 1.82) is 0 Å². The quantitative estimate of drug-likeness (QED) is 0.669. The van der Waals surface area contributed by atoms with E-state index in [9.17, 15) is 0 Å². The molecule has 1 aromatic rings. The van der Waals surface area contributed by atoms with Gasteiger partial charge in [-0.25, -0.2) is 0 Å². The summed E-state index contributed by atoms with van der Waals surface area (Å²) >= 11 is 6.24. The summed E-state index contributed by atoms with van der Waals surface area (Å²) in [5.74, 6) is 0. The van der Waals surface area contributed by atoms with Crippen LogP contribution in [0, 0.1) is 0 Å². The van der Waals surface area contributed by atoms with Crippen LogP contribution < -0.4 is 5.32 Å². The highest BCUT2D eigenvalue weighted by Crippen LogP contribution is 2.23. The lowest BCUT2D eigenvalue weighted by atomic mass is 10.0. The summed E-state index contributed by atoms with van der Waals surface area (Å²) < 4.78 is 0. The van der Waals surface area contributed by atoms with Crippen LogP contribution in [-0.4, -0.2) is 6.04 Å². The molecular weight excluding hydrogens is 242 g/mol. The third-order valence-electron chi connectivity index (χ3n) is 3.40. The van der Waals surface area contributed by atoms with Crippen molar-refractivity contribution in [2.45, 2.75) is 65.0 Å². The summed E-state index contributed by atoms with van der Waals surface area (Å²) in [6.07, 6.45) is 6.31. The van der Waals surface area contributed by atoms with Crippen LogP contribution in [0.2, 0.25) is 5.02 Å². The highest BCUT2D eigenvalue weighted by atomic mass is 35.5. The molecule has 0 bridgehead atoms. The Balaban J connectivity index is 2.60. The van der Waals surface area contributed by atoms with Crippen molar-refractivity contribution in [2.75, 3.05) is 0 Å². The molecule has 0 spiro atoms. The van der Waals surface area contributed by atoms with Gasteiger partial charge in [0, 0.05) is 17.1 Å². The molecule has 0 saturated carbocycles. The number of hydrogen-bond donors (Lipinski definition) is 1. The summed E-state index contributed by atoms with van der Waals surface area (Å²) in [5, 5.41) is 4.59. The second-order valence-electron chi connectivity index (χ2n) is 5.04. The van der Waals surface area contributed by atoms with E-state index in [-0.39, 0.29) is 0 Å². The van der Waals surface area contributed by atoms with Gasteiger partial charge in [0.05, 0.1) is 0 Å². The van der Waals surface area contributed by atoms with E-state index in [0.29, 0.717) is 12.1 Å². The molecule has 102 valence electrons. The fourth-order valence-corrected chi connectivity index (χ4v) is 2.68. The number of benzene rings is 1. The van der Waals surface area contributed by atoms with Gasteiger partial charge < -0.3 is 5.32 Å². The first-order valence-corrected chi connectivity index (χ1v) is 7.57. The number of unbranched alkanes of at least 4 members (excludes halogenated alkanes) is 1. The molecule has 0 fully saturated rings. The maximum Gasteiger partial charge on any atom is 0.0453 e. The largest absolute Gasteiger partial charge is 0.307 e. The average Bonchev–Trinajstić information content (AvgIpc) is 2.36. The smallest absolute Gasteiger partial charge is 0.0453 e. The molecule has 0 aliphatic rings. The summed E-state index contributed by atoms with van der Waals surface area (Å²) in [7, 11) is 0. The average molecular weight is 268 g/mol. The van der Waals surface area contributed by atoms with Crippen molar-refractivity contribution in [2.24, 2.45) is 0 Å². The van der Waals surface area contributed by atoms with Gasteiger partial charge in [-0.2, -0.15) is 0 Å². The molecule has 0 aliphatic heterocycles. The Morgan fingerprint density at radius 2 is 1.83 bits per heavy atom. The third kappa shape index (κ3) is 4.99. The van der Waals surface area contributed by atoms with Crippen molar-refractivity contribution in [3.63, 3.8) is 0 Å². The lowest BCUT2D eigenvalue weighted by Gasteiger charge is -2.24. The van der Waals surface area contributed by atoms with Gasteiger partial charge >= 0.3 is 0 Å². The first-order chi connectivity index (χ1) is 8.69. The minimum Gasteiger partial charge on any atom is -0.307 e. The predicted molar refractivity (Wildman–Crippen MR) is 81.2 cm³/mol. The Bertz CT molecular complexity index is 338. The van der Waals surface area contributed by atoms with Gasteiger partial charge in [0.2, 0.25) is 0 Å². The zero-order valence-corrected chi connectivity index (χ0v) is 12.6. The maximum atomic E-state index is 6.24. The number of hydrogen-bond acceptors (Lipinski definition) is 1. The molecular formula is C16H26ClN. The van der Waals surface area contributed by atoms with Crippen LogP contribution in [0.25, 0.3) is 0 Å². The zero-order valence-electron chi connectivity index (χ0n) is 11.9. The summed E-state index contributed by atoms with van der Waals surface area (Å²) in [6, 6.07) is 9.06. The van der Waals surface area contributed by atoms with Crippen molar-refractivity contribution >= 4 is 11.6 Å². The molecule has 0 heterocycles. The Labute approximate surface area is 117 Å². The summed E-state index contributed by atoms with van der Waals surface area (Å²) in [5.41, 5.74) is 1.21. The van der Waals surface area contributed by atoms with Crippen LogP contribution in [0.1, 0.15) is 64.5 Å². The van der Waals surface area contributed by atoms with E-state index in [1.54, 1.807) is 0 Å². The maximum absolute atomic E-state index is 6.24. The topological polar surface area (TPSA) is 12.0 Å². The molecule has 0 radical (unpaired) electrons. The molecule has 1 nitrogen and oxygen atoms in total. The second-order valence-corrected chi connectivity index (χ2v) is 5.44. The molecule has 2 unspecified atom stereocenters. The van der Waals surface area contributed by atoms with Crippen LogP contribution in [0.15, 0.2) is 24.3 Å². The fraction of sp³-hybridized carbons (Fsp3) is 0.625. The molecule has 0 amide bonds. The zero-order chi connectivity index (χ0) is 13.4. The molecule has 1 N–H and O–H groups in total. The van der Waals surface area contributed by atoms with E-state index in [0.717, 1.165) is 5.02 Å². The minimum absolute atomic E-state index is 0.326. The van der Waals surface area contributed by atoms with Gasteiger partial charge in [0.15, 0.2) is 0 Å². The monoisotopic (exact) mass is 267 g/mol. The lowest BCUT2D eigenvalue weighted by Crippen LogP contribution is -2.31. The molecule has 0 aromatic heterocycles. The van der Waals surface area contributed by atoms with Crippen molar-refractivity contribution < 1.29 is 0 Å². The van der Waals surface area contributed by atoms with Gasteiger partial charge in [-0.05, 0) is 31.4 Å². The van der Waals surface area contributed by atoms with Crippen LogP contribution in [0.5, 0.6) is 0 Å². The highest BCUT2D eigenvalue weighted by Gasteiger charge is 2.14. The van der Waals surface area contributed by atoms with Gasteiger partial charge in [-0.1, -0.05) is 62.9 Å².